The van der Waals surface area contributed by atoms with Crippen molar-refractivity contribution >= 4 is 57.4 Å². The summed E-state index contributed by atoms with van der Waals surface area (Å²) in [5.74, 6) is -6.63. The van der Waals surface area contributed by atoms with E-state index in [1.807, 2.05) is 30.3 Å². The van der Waals surface area contributed by atoms with Crippen LogP contribution in [-0.4, -0.2) is 85.1 Å². The van der Waals surface area contributed by atoms with E-state index in [-0.39, 0.29) is 12.8 Å². The average Bonchev–Trinajstić information content (AvgIpc) is 3.61. The second-order valence-electron chi connectivity index (χ2n) is 10.8. The number of fused-ring (bicyclic) bond motifs is 2. The second kappa shape index (κ2) is 14.9. The van der Waals surface area contributed by atoms with Gasteiger partial charge in [0, 0.05) is 53.5 Å². The summed E-state index contributed by atoms with van der Waals surface area (Å²) in [4.78, 5) is 80.5. The van der Waals surface area contributed by atoms with Gasteiger partial charge in [0.05, 0.1) is 12.5 Å². The van der Waals surface area contributed by atoms with E-state index in [1.165, 1.54) is 0 Å². The molecule has 0 bridgehead atoms. The van der Waals surface area contributed by atoms with E-state index in [0.717, 1.165) is 21.8 Å². The molecular weight excluding hydrogens is 600 g/mol. The van der Waals surface area contributed by atoms with Crippen LogP contribution >= 0.6 is 0 Å². The number of benzene rings is 2. The van der Waals surface area contributed by atoms with Crippen molar-refractivity contribution in [3.05, 3.63) is 72.1 Å². The summed E-state index contributed by atoms with van der Waals surface area (Å²) in [6, 6.07) is 8.73. The number of nitrogens with two attached hydrogens (primary N) is 1. The van der Waals surface area contributed by atoms with Crippen LogP contribution < -0.4 is 21.7 Å². The number of aromatic nitrogens is 2. The average molecular weight is 635 g/mol. The van der Waals surface area contributed by atoms with Crippen molar-refractivity contribution < 1.29 is 44.1 Å². The number of carbonyl (C=O) groups is 6. The fourth-order valence-electron chi connectivity index (χ4n) is 5.09. The van der Waals surface area contributed by atoms with Crippen LogP contribution in [0.5, 0.6) is 0 Å². The molecule has 3 amide bonds. The van der Waals surface area contributed by atoms with E-state index in [4.69, 9.17) is 15.9 Å². The number of amides is 3. The summed E-state index contributed by atoms with van der Waals surface area (Å²) in [6.07, 6.45) is 1.53. The van der Waals surface area contributed by atoms with Gasteiger partial charge in [-0.05, 0) is 29.7 Å². The van der Waals surface area contributed by atoms with Gasteiger partial charge in [-0.2, -0.15) is 0 Å². The van der Waals surface area contributed by atoms with Crippen molar-refractivity contribution in [3.8, 4) is 0 Å². The summed E-state index contributed by atoms with van der Waals surface area (Å²) in [7, 11) is 0. The minimum atomic E-state index is -1.55. The topological polar surface area (TPSA) is 257 Å². The molecule has 0 aliphatic heterocycles. The maximum atomic E-state index is 13.9. The summed E-state index contributed by atoms with van der Waals surface area (Å²) in [5.41, 5.74) is 8.54. The first-order valence-corrected chi connectivity index (χ1v) is 14.4. The first-order valence-electron chi connectivity index (χ1n) is 14.4. The number of nitrogens with one attached hydrogen (secondary N) is 5. The molecule has 4 aromatic rings. The zero-order chi connectivity index (χ0) is 33.4. The van der Waals surface area contributed by atoms with E-state index in [1.54, 1.807) is 30.6 Å². The van der Waals surface area contributed by atoms with Gasteiger partial charge in [0.25, 0.3) is 0 Å². The lowest BCUT2D eigenvalue weighted by Gasteiger charge is -2.25. The quantitative estimate of drug-likeness (QED) is 0.0831. The highest BCUT2D eigenvalue weighted by molar-refractivity contribution is 5.96. The number of para-hydroxylation sites is 2. The Kier molecular flexibility index (Phi) is 10.7. The fraction of sp³-hybridized carbons (Fsp3) is 0.290. The lowest BCUT2D eigenvalue weighted by atomic mass is 10.0. The van der Waals surface area contributed by atoms with E-state index < -0.39 is 79.1 Å². The number of H-pyrrole nitrogens is 2. The third-order valence-corrected chi connectivity index (χ3v) is 7.46. The molecule has 0 aliphatic carbocycles. The maximum Gasteiger partial charge on any atom is 0.326 e. The lowest BCUT2D eigenvalue weighted by molar-refractivity contribution is -0.143. The number of carbonyl (C=O) groups excluding carboxylic acids is 3. The molecule has 242 valence electrons. The van der Waals surface area contributed by atoms with Crippen LogP contribution in [0.25, 0.3) is 21.8 Å². The monoisotopic (exact) mass is 634 g/mol. The van der Waals surface area contributed by atoms with Gasteiger partial charge >= 0.3 is 17.9 Å². The van der Waals surface area contributed by atoms with Gasteiger partial charge in [0.2, 0.25) is 17.7 Å². The Balaban J connectivity index is 1.64. The predicted octanol–water partition coefficient (Wildman–Crippen LogP) is 0.640. The molecule has 0 saturated heterocycles. The summed E-state index contributed by atoms with van der Waals surface area (Å²) >= 11 is 0. The van der Waals surface area contributed by atoms with E-state index in [2.05, 4.69) is 25.9 Å². The zero-order valence-corrected chi connectivity index (χ0v) is 24.5. The minimum Gasteiger partial charge on any atom is -0.481 e. The van der Waals surface area contributed by atoms with E-state index in [9.17, 15) is 33.9 Å². The van der Waals surface area contributed by atoms with Crippen molar-refractivity contribution in [1.29, 1.82) is 0 Å². The molecule has 0 spiro atoms. The summed E-state index contributed by atoms with van der Waals surface area (Å²) < 4.78 is 0. The highest BCUT2D eigenvalue weighted by Gasteiger charge is 2.32. The predicted molar refractivity (Wildman–Crippen MR) is 165 cm³/mol. The minimum absolute atomic E-state index is 0.0703. The van der Waals surface area contributed by atoms with Gasteiger partial charge < -0.3 is 47.0 Å². The SMILES string of the molecule is NC(CC(=O)O)C(=O)NC(Cc1c[nH]c2ccccc12)C(=O)NC(Cc1c[nH]c2ccccc12)C(=O)NC(CCC(=O)O)C(=O)O. The standard InChI is InChI=1S/C31H34N6O9/c32-20(13-27(40)41)28(42)36-24(11-16-14-33-21-7-3-1-5-18(16)21)30(44)37-25(12-17-15-34-22-8-4-2-6-19(17)22)29(43)35-23(31(45)46)9-10-26(38)39/h1-8,14-15,20,23-25,33-34H,9-13,32H2,(H,35,43)(H,36,42)(H,37,44)(H,38,39)(H,40,41)(H,45,46). The number of aliphatic carboxylic acids is 3. The number of carboxylic acids is 3. The first-order chi connectivity index (χ1) is 21.9. The van der Waals surface area contributed by atoms with E-state index >= 15 is 0 Å². The highest BCUT2D eigenvalue weighted by atomic mass is 16.4. The first kappa shape index (κ1) is 33.2. The van der Waals surface area contributed by atoms with Crippen LogP contribution in [0.2, 0.25) is 0 Å². The summed E-state index contributed by atoms with van der Waals surface area (Å²) in [5, 5.41) is 36.7. The molecule has 10 N–H and O–H groups in total. The third-order valence-electron chi connectivity index (χ3n) is 7.46. The Hall–Kier alpha value is -5.70. The van der Waals surface area contributed by atoms with E-state index in [0.29, 0.717) is 11.1 Å². The van der Waals surface area contributed by atoms with Gasteiger partial charge in [-0.15, -0.1) is 0 Å². The van der Waals surface area contributed by atoms with Gasteiger partial charge in [0.1, 0.15) is 18.1 Å². The van der Waals surface area contributed by atoms with Crippen molar-refractivity contribution in [2.45, 2.75) is 56.3 Å². The highest BCUT2D eigenvalue weighted by Crippen LogP contribution is 2.21. The normalized spacial score (nSPS) is 13.8. The molecule has 4 unspecified atom stereocenters. The Morgan fingerprint density at radius 1 is 0.652 bits per heavy atom. The molecule has 2 heterocycles. The molecule has 15 nitrogen and oxygen atoms in total. The molecule has 0 aliphatic rings. The number of rotatable bonds is 16. The smallest absolute Gasteiger partial charge is 0.326 e. The van der Waals surface area contributed by atoms with Crippen LogP contribution in [0.4, 0.5) is 0 Å². The third kappa shape index (κ3) is 8.47. The van der Waals surface area contributed by atoms with Crippen molar-refractivity contribution in [2.75, 3.05) is 0 Å². The van der Waals surface area contributed by atoms with Crippen molar-refractivity contribution in [3.63, 3.8) is 0 Å². The molecule has 2 aromatic heterocycles. The molecule has 0 radical (unpaired) electrons. The number of carboxylic acid groups (broad SMARTS) is 3. The maximum absolute atomic E-state index is 13.9. The molecular formula is C31H34N6O9. The lowest BCUT2D eigenvalue weighted by Crippen LogP contribution is -2.58. The zero-order valence-electron chi connectivity index (χ0n) is 24.5. The molecule has 0 fully saturated rings. The van der Waals surface area contributed by atoms with Crippen LogP contribution in [0, 0.1) is 0 Å². The van der Waals surface area contributed by atoms with Crippen LogP contribution in [0.1, 0.15) is 30.4 Å². The molecule has 2 aromatic carbocycles. The van der Waals surface area contributed by atoms with Gasteiger partial charge in [-0.3, -0.25) is 24.0 Å². The van der Waals surface area contributed by atoms with Gasteiger partial charge in [-0.25, -0.2) is 4.79 Å². The number of aromatic amines is 2. The number of hydrogen-bond acceptors (Lipinski definition) is 7. The Labute approximate surface area is 261 Å². The van der Waals surface area contributed by atoms with Gasteiger partial charge in [-0.1, -0.05) is 36.4 Å². The van der Waals surface area contributed by atoms with Crippen LogP contribution in [0.3, 0.4) is 0 Å². The largest absolute Gasteiger partial charge is 0.481 e. The molecule has 15 heteroatoms. The van der Waals surface area contributed by atoms with Crippen molar-refractivity contribution in [2.24, 2.45) is 5.73 Å². The van der Waals surface area contributed by atoms with Gasteiger partial charge in [0.15, 0.2) is 0 Å². The van der Waals surface area contributed by atoms with Crippen LogP contribution in [0.15, 0.2) is 60.9 Å². The Morgan fingerprint density at radius 3 is 1.57 bits per heavy atom. The Bertz CT molecular complexity index is 1760. The Morgan fingerprint density at radius 2 is 1.11 bits per heavy atom. The molecule has 4 atom stereocenters. The second-order valence-corrected chi connectivity index (χ2v) is 10.8. The summed E-state index contributed by atoms with van der Waals surface area (Å²) in [6.45, 7) is 0. The number of hydrogen-bond donors (Lipinski definition) is 9. The molecule has 46 heavy (non-hydrogen) atoms. The molecule has 4 rings (SSSR count). The fourth-order valence-corrected chi connectivity index (χ4v) is 5.09. The van der Waals surface area contributed by atoms with Crippen LogP contribution in [-0.2, 0) is 41.6 Å². The molecule has 0 saturated carbocycles. The van der Waals surface area contributed by atoms with Crippen molar-refractivity contribution in [1.82, 2.24) is 25.9 Å².